The van der Waals surface area contributed by atoms with Gasteiger partial charge in [-0.05, 0) is 37.1 Å². The Morgan fingerprint density at radius 3 is 3.05 bits per heavy atom. The fourth-order valence-corrected chi connectivity index (χ4v) is 3.42. The van der Waals surface area contributed by atoms with E-state index in [1.165, 1.54) is 31.5 Å². The molecule has 0 bridgehead atoms. The van der Waals surface area contributed by atoms with Gasteiger partial charge in [0.1, 0.15) is 5.82 Å². The third-order valence-electron chi connectivity index (χ3n) is 4.52. The minimum absolute atomic E-state index is 0.0380. The summed E-state index contributed by atoms with van der Waals surface area (Å²) in [5, 5.41) is 11.9. The molecule has 3 N–H and O–H groups in total. The maximum Gasteiger partial charge on any atom is 0.170 e. The number of nitrogens with zero attached hydrogens (tertiary/aromatic N) is 3. The number of piperazine rings is 1. The summed E-state index contributed by atoms with van der Waals surface area (Å²) in [4.78, 5) is 4.92. The van der Waals surface area contributed by atoms with E-state index in [0.29, 0.717) is 18.2 Å². The van der Waals surface area contributed by atoms with Crippen molar-refractivity contribution < 1.29 is 9.60 Å². The second-order valence-electron chi connectivity index (χ2n) is 5.85. The van der Waals surface area contributed by atoms with Crippen LogP contribution < -0.4 is 5.73 Å². The largest absolute Gasteiger partial charge is 0.409 e. The van der Waals surface area contributed by atoms with Crippen LogP contribution in [0.15, 0.2) is 23.4 Å². The highest BCUT2D eigenvalue weighted by atomic mass is 19.1. The molecule has 0 radical (unpaired) electrons. The normalized spacial score (nSPS) is 24.2. The number of fused-ring (bicyclic) bond motifs is 1. The highest BCUT2D eigenvalue weighted by Gasteiger charge is 2.30. The molecule has 0 aliphatic carbocycles. The molecular formula is C15H21FN4O. The van der Waals surface area contributed by atoms with Crippen LogP contribution in [0.5, 0.6) is 0 Å². The standard InChI is InChI=1S/C15H21FN4O/c16-12-4-3-11(14(8-12)15(17)18-21)9-19-6-7-20-5-1-2-13(20)10-19/h3-4,8,13,21H,1-2,5-7,9-10H2,(H2,17,18). The van der Waals surface area contributed by atoms with Crippen molar-refractivity contribution in [3.8, 4) is 0 Å². The van der Waals surface area contributed by atoms with E-state index >= 15 is 0 Å². The Labute approximate surface area is 123 Å². The summed E-state index contributed by atoms with van der Waals surface area (Å²) < 4.78 is 13.4. The van der Waals surface area contributed by atoms with Crippen molar-refractivity contribution in [2.75, 3.05) is 26.2 Å². The van der Waals surface area contributed by atoms with Gasteiger partial charge in [0.15, 0.2) is 5.84 Å². The van der Waals surface area contributed by atoms with Gasteiger partial charge >= 0.3 is 0 Å². The molecule has 2 heterocycles. The first-order valence-electron chi connectivity index (χ1n) is 7.40. The van der Waals surface area contributed by atoms with Crippen LogP contribution in [0, 0.1) is 5.82 Å². The van der Waals surface area contributed by atoms with E-state index in [9.17, 15) is 4.39 Å². The fourth-order valence-electron chi connectivity index (χ4n) is 3.42. The van der Waals surface area contributed by atoms with Crippen molar-refractivity contribution in [3.05, 3.63) is 35.1 Å². The second kappa shape index (κ2) is 5.99. The summed E-state index contributed by atoms with van der Waals surface area (Å²) in [7, 11) is 0. The average Bonchev–Trinajstić information content (AvgIpc) is 2.96. The third-order valence-corrected chi connectivity index (χ3v) is 4.52. The molecule has 21 heavy (non-hydrogen) atoms. The molecule has 1 aromatic carbocycles. The first-order chi connectivity index (χ1) is 10.2. The minimum Gasteiger partial charge on any atom is -0.409 e. The van der Waals surface area contributed by atoms with Gasteiger partial charge in [-0.3, -0.25) is 9.80 Å². The number of hydrogen-bond donors (Lipinski definition) is 2. The molecule has 2 aliphatic rings. The third kappa shape index (κ3) is 3.01. The first-order valence-corrected chi connectivity index (χ1v) is 7.40. The van der Waals surface area contributed by atoms with E-state index in [2.05, 4.69) is 15.0 Å². The van der Waals surface area contributed by atoms with Crippen molar-refractivity contribution in [2.24, 2.45) is 10.9 Å². The van der Waals surface area contributed by atoms with Crippen molar-refractivity contribution >= 4 is 5.84 Å². The van der Waals surface area contributed by atoms with Crippen molar-refractivity contribution in [1.82, 2.24) is 9.80 Å². The van der Waals surface area contributed by atoms with E-state index in [1.54, 1.807) is 6.07 Å². The zero-order chi connectivity index (χ0) is 14.8. The van der Waals surface area contributed by atoms with Gasteiger partial charge in [0, 0.05) is 37.8 Å². The smallest absolute Gasteiger partial charge is 0.170 e. The summed E-state index contributed by atoms with van der Waals surface area (Å²) in [6, 6.07) is 5.13. The lowest BCUT2D eigenvalue weighted by molar-refractivity contribution is 0.0993. The predicted molar refractivity (Wildman–Crippen MR) is 78.8 cm³/mol. The zero-order valence-electron chi connectivity index (χ0n) is 12.0. The lowest BCUT2D eigenvalue weighted by Gasteiger charge is -2.37. The van der Waals surface area contributed by atoms with Crippen LogP contribution in [-0.4, -0.2) is 53.1 Å². The molecule has 0 spiro atoms. The quantitative estimate of drug-likeness (QED) is 0.380. The van der Waals surface area contributed by atoms with Crippen molar-refractivity contribution in [2.45, 2.75) is 25.4 Å². The van der Waals surface area contributed by atoms with Crippen molar-refractivity contribution in [1.29, 1.82) is 0 Å². The monoisotopic (exact) mass is 292 g/mol. The molecule has 1 atom stereocenters. The molecule has 2 fully saturated rings. The van der Waals surface area contributed by atoms with Crippen LogP contribution >= 0.6 is 0 Å². The summed E-state index contributed by atoms with van der Waals surface area (Å²) in [5.74, 6) is -0.412. The van der Waals surface area contributed by atoms with E-state index in [-0.39, 0.29) is 11.7 Å². The van der Waals surface area contributed by atoms with Crippen LogP contribution in [0.25, 0.3) is 0 Å². The van der Waals surface area contributed by atoms with Gasteiger partial charge < -0.3 is 10.9 Å². The molecule has 5 nitrogen and oxygen atoms in total. The van der Waals surface area contributed by atoms with Gasteiger partial charge in [-0.15, -0.1) is 0 Å². The SMILES string of the molecule is N/C(=N/O)c1cc(F)ccc1CN1CCN2CCCC2C1. The number of nitrogens with two attached hydrogens (primary N) is 1. The number of halogens is 1. The number of hydrogen-bond acceptors (Lipinski definition) is 4. The molecule has 2 aliphatic heterocycles. The van der Waals surface area contributed by atoms with Gasteiger partial charge in [-0.1, -0.05) is 11.2 Å². The summed E-state index contributed by atoms with van der Waals surface area (Å²) in [6.45, 7) is 5.04. The van der Waals surface area contributed by atoms with Crippen LogP contribution in [0.3, 0.4) is 0 Å². The molecule has 0 amide bonds. The van der Waals surface area contributed by atoms with E-state index in [4.69, 9.17) is 10.9 Å². The summed E-state index contributed by atoms with van der Waals surface area (Å²) >= 11 is 0. The second-order valence-corrected chi connectivity index (χ2v) is 5.85. The molecular weight excluding hydrogens is 271 g/mol. The van der Waals surface area contributed by atoms with E-state index in [0.717, 1.165) is 25.2 Å². The molecule has 0 saturated carbocycles. The first kappa shape index (κ1) is 14.3. The van der Waals surface area contributed by atoms with Crippen LogP contribution in [-0.2, 0) is 6.54 Å². The van der Waals surface area contributed by atoms with Crippen LogP contribution in [0.1, 0.15) is 24.0 Å². The van der Waals surface area contributed by atoms with E-state index < -0.39 is 0 Å². The maximum atomic E-state index is 13.4. The molecule has 3 rings (SSSR count). The minimum atomic E-state index is -0.374. The fraction of sp³-hybridized carbons (Fsp3) is 0.533. The van der Waals surface area contributed by atoms with Crippen LogP contribution in [0.4, 0.5) is 4.39 Å². The predicted octanol–water partition coefficient (Wildman–Crippen LogP) is 1.20. The van der Waals surface area contributed by atoms with Gasteiger partial charge in [0.2, 0.25) is 0 Å². The lowest BCUT2D eigenvalue weighted by atomic mass is 10.0. The van der Waals surface area contributed by atoms with Gasteiger partial charge in [-0.25, -0.2) is 4.39 Å². The number of amidine groups is 1. The maximum absolute atomic E-state index is 13.4. The lowest BCUT2D eigenvalue weighted by Crippen LogP contribution is -2.49. The van der Waals surface area contributed by atoms with Gasteiger partial charge in [0.25, 0.3) is 0 Å². The summed E-state index contributed by atoms with van der Waals surface area (Å²) in [5.41, 5.74) is 7.04. The Morgan fingerprint density at radius 1 is 1.38 bits per heavy atom. The molecule has 1 aromatic rings. The highest BCUT2D eigenvalue weighted by molar-refractivity contribution is 5.98. The number of oxime groups is 1. The Hall–Kier alpha value is -1.66. The highest BCUT2D eigenvalue weighted by Crippen LogP contribution is 2.23. The molecule has 6 heteroatoms. The topological polar surface area (TPSA) is 65.1 Å². The summed E-state index contributed by atoms with van der Waals surface area (Å²) in [6.07, 6.45) is 2.54. The Kier molecular flexibility index (Phi) is 4.07. The Morgan fingerprint density at radius 2 is 2.24 bits per heavy atom. The number of rotatable bonds is 3. The molecule has 1 unspecified atom stereocenters. The zero-order valence-corrected chi connectivity index (χ0v) is 12.0. The average molecular weight is 292 g/mol. The Bertz CT molecular complexity index is 548. The Balaban J connectivity index is 1.75. The van der Waals surface area contributed by atoms with Gasteiger partial charge in [-0.2, -0.15) is 0 Å². The van der Waals surface area contributed by atoms with Gasteiger partial charge in [0.05, 0.1) is 0 Å². The van der Waals surface area contributed by atoms with Crippen LogP contribution in [0.2, 0.25) is 0 Å². The van der Waals surface area contributed by atoms with Crippen molar-refractivity contribution in [3.63, 3.8) is 0 Å². The van der Waals surface area contributed by atoms with E-state index in [1.807, 2.05) is 0 Å². The molecule has 2 saturated heterocycles. The number of benzene rings is 1. The molecule has 0 aromatic heterocycles. The molecule has 114 valence electrons.